The SMILES string of the molecule is CCNC(Cc1ccc(Cl)cc1F)CC1CCCCCC1. The van der Waals surface area contributed by atoms with Crippen LogP contribution in [0, 0.1) is 11.7 Å². The third-order valence-electron chi connectivity index (χ3n) is 4.57. The molecule has 118 valence electrons. The lowest BCUT2D eigenvalue weighted by Crippen LogP contribution is -2.33. The van der Waals surface area contributed by atoms with Crippen molar-refractivity contribution in [3.05, 3.63) is 34.6 Å². The topological polar surface area (TPSA) is 12.0 Å². The number of hydrogen-bond donors (Lipinski definition) is 1. The molecule has 3 heteroatoms. The highest BCUT2D eigenvalue weighted by Crippen LogP contribution is 2.27. The maximum absolute atomic E-state index is 14.0. The Bertz CT molecular complexity index is 427. The van der Waals surface area contributed by atoms with E-state index in [0.717, 1.165) is 30.9 Å². The van der Waals surface area contributed by atoms with Gasteiger partial charge in [0.25, 0.3) is 0 Å². The molecule has 1 atom stereocenters. The Morgan fingerprint density at radius 1 is 1.24 bits per heavy atom. The van der Waals surface area contributed by atoms with Crippen molar-refractivity contribution >= 4 is 11.6 Å². The minimum atomic E-state index is -0.175. The summed E-state index contributed by atoms with van der Waals surface area (Å²) in [5.74, 6) is 0.623. The largest absolute Gasteiger partial charge is 0.314 e. The molecule has 0 spiro atoms. The van der Waals surface area contributed by atoms with Crippen LogP contribution in [0.1, 0.15) is 57.4 Å². The van der Waals surface area contributed by atoms with Crippen molar-refractivity contribution in [1.29, 1.82) is 0 Å². The molecule has 1 unspecified atom stereocenters. The van der Waals surface area contributed by atoms with E-state index in [1.165, 1.54) is 44.6 Å². The van der Waals surface area contributed by atoms with E-state index in [-0.39, 0.29) is 5.82 Å². The summed E-state index contributed by atoms with van der Waals surface area (Å²) in [6.07, 6.45) is 10.1. The first-order valence-corrected chi connectivity index (χ1v) is 8.74. The van der Waals surface area contributed by atoms with Crippen molar-refractivity contribution in [2.75, 3.05) is 6.54 Å². The molecule has 1 aromatic carbocycles. The van der Waals surface area contributed by atoms with E-state index in [0.29, 0.717) is 11.1 Å². The summed E-state index contributed by atoms with van der Waals surface area (Å²) in [4.78, 5) is 0. The van der Waals surface area contributed by atoms with Gasteiger partial charge in [0.05, 0.1) is 0 Å². The molecule has 1 aromatic rings. The van der Waals surface area contributed by atoms with Crippen LogP contribution in [0.3, 0.4) is 0 Å². The lowest BCUT2D eigenvalue weighted by molar-refractivity contribution is 0.351. The van der Waals surface area contributed by atoms with E-state index >= 15 is 0 Å². The van der Waals surface area contributed by atoms with Gasteiger partial charge in [0.1, 0.15) is 5.82 Å². The standard InChI is InChI=1S/C18H27ClFN/c1-2-21-17(11-14-7-5-3-4-6-8-14)12-15-9-10-16(19)13-18(15)20/h9-10,13-14,17,21H,2-8,11-12H2,1H3. The Kier molecular flexibility index (Phi) is 6.98. The van der Waals surface area contributed by atoms with Crippen LogP contribution in [0.5, 0.6) is 0 Å². The van der Waals surface area contributed by atoms with Crippen molar-refractivity contribution in [3.8, 4) is 0 Å². The highest BCUT2D eigenvalue weighted by molar-refractivity contribution is 6.30. The maximum atomic E-state index is 14.0. The van der Waals surface area contributed by atoms with Crippen molar-refractivity contribution in [2.45, 2.75) is 64.3 Å². The zero-order valence-corrected chi connectivity index (χ0v) is 13.8. The molecule has 0 amide bonds. The van der Waals surface area contributed by atoms with Gasteiger partial charge < -0.3 is 5.32 Å². The van der Waals surface area contributed by atoms with Gasteiger partial charge in [-0.15, -0.1) is 0 Å². The molecule has 21 heavy (non-hydrogen) atoms. The second-order valence-corrected chi connectivity index (χ2v) is 6.72. The molecule has 1 saturated carbocycles. The fourth-order valence-corrected chi connectivity index (χ4v) is 3.64. The molecule has 0 radical (unpaired) electrons. The van der Waals surface area contributed by atoms with Crippen molar-refractivity contribution < 1.29 is 4.39 Å². The Balaban J connectivity index is 1.97. The fourth-order valence-electron chi connectivity index (χ4n) is 3.48. The summed E-state index contributed by atoms with van der Waals surface area (Å²) in [5, 5.41) is 4.01. The summed E-state index contributed by atoms with van der Waals surface area (Å²) in [6, 6.07) is 5.41. The van der Waals surface area contributed by atoms with Crippen LogP contribution >= 0.6 is 11.6 Å². The van der Waals surface area contributed by atoms with Crippen molar-refractivity contribution in [3.63, 3.8) is 0 Å². The predicted octanol–water partition coefficient (Wildman–Crippen LogP) is 5.36. The maximum Gasteiger partial charge on any atom is 0.127 e. The number of halogens is 2. The van der Waals surface area contributed by atoms with E-state index in [2.05, 4.69) is 12.2 Å². The number of hydrogen-bond acceptors (Lipinski definition) is 1. The Morgan fingerprint density at radius 3 is 2.57 bits per heavy atom. The summed E-state index contributed by atoms with van der Waals surface area (Å²) >= 11 is 5.83. The fraction of sp³-hybridized carbons (Fsp3) is 0.667. The molecular formula is C18H27ClFN. The van der Waals surface area contributed by atoms with Crippen LogP contribution in [0.4, 0.5) is 4.39 Å². The zero-order valence-electron chi connectivity index (χ0n) is 13.0. The lowest BCUT2D eigenvalue weighted by Gasteiger charge is -2.23. The third kappa shape index (κ3) is 5.60. The van der Waals surface area contributed by atoms with Gasteiger partial charge in [-0.3, -0.25) is 0 Å². The van der Waals surface area contributed by atoms with Gasteiger partial charge in [-0.05, 0) is 43.0 Å². The second-order valence-electron chi connectivity index (χ2n) is 6.29. The predicted molar refractivity (Wildman–Crippen MR) is 88.4 cm³/mol. The average molecular weight is 312 g/mol. The molecule has 1 aliphatic rings. The molecule has 2 rings (SSSR count). The number of likely N-dealkylation sites (N-methyl/N-ethyl adjacent to an activating group) is 1. The van der Waals surface area contributed by atoms with Gasteiger partial charge in [0, 0.05) is 11.1 Å². The Labute approximate surface area is 133 Å². The van der Waals surface area contributed by atoms with E-state index < -0.39 is 0 Å². The van der Waals surface area contributed by atoms with Crippen molar-refractivity contribution in [1.82, 2.24) is 5.32 Å². The highest BCUT2D eigenvalue weighted by Gasteiger charge is 2.19. The van der Waals surface area contributed by atoms with Gasteiger partial charge in [0.2, 0.25) is 0 Å². The zero-order chi connectivity index (χ0) is 15.1. The minimum absolute atomic E-state index is 0.175. The quantitative estimate of drug-likeness (QED) is 0.697. The number of nitrogens with one attached hydrogen (secondary N) is 1. The Morgan fingerprint density at radius 2 is 1.95 bits per heavy atom. The van der Waals surface area contributed by atoms with Crippen LogP contribution in [-0.4, -0.2) is 12.6 Å². The van der Waals surface area contributed by atoms with E-state index in [4.69, 9.17) is 11.6 Å². The number of benzene rings is 1. The average Bonchev–Trinajstić information content (AvgIpc) is 2.71. The summed E-state index contributed by atoms with van der Waals surface area (Å²) < 4.78 is 14.0. The summed E-state index contributed by atoms with van der Waals surface area (Å²) in [6.45, 7) is 3.06. The molecule has 0 aromatic heterocycles. The highest BCUT2D eigenvalue weighted by atomic mass is 35.5. The van der Waals surface area contributed by atoms with E-state index in [1.807, 2.05) is 6.07 Å². The first-order chi connectivity index (χ1) is 10.2. The monoisotopic (exact) mass is 311 g/mol. The van der Waals surface area contributed by atoms with Crippen LogP contribution in [0.25, 0.3) is 0 Å². The molecule has 0 aliphatic heterocycles. The molecule has 0 heterocycles. The molecular weight excluding hydrogens is 285 g/mol. The normalized spacial score (nSPS) is 18.4. The number of rotatable bonds is 6. The molecule has 1 fully saturated rings. The summed E-state index contributed by atoms with van der Waals surface area (Å²) in [5.41, 5.74) is 0.777. The van der Waals surface area contributed by atoms with Crippen LogP contribution < -0.4 is 5.32 Å². The van der Waals surface area contributed by atoms with E-state index in [1.54, 1.807) is 6.07 Å². The lowest BCUT2D eigenvalue weighted by atomic mass is 9.89. The third-order valence-corrected chi connectivity index (χ3v) is 4.80. The van der Waals surface area contributed by atoms with Crippen LogP contribution in [-0.2, 0) is 6.42 Å². The van der Waals surface area contributed by atoms with Gasteiger partial charge >= 0.3 is 0 Å². The van der Waals surface area contributed by atoms with Gasteiger partial charge in [-0.2, -0.15) is 0 Å². The minimum Gasteiger partial charge on any atom is -0.314 e. The molecule has 0 saturated heterocycles. The smallest absolute Gasteiger partial charge is 0.127 e. The molecule has 1 nitrogen and oxygen atoms in total. The van der Waals surface area contributed by atoms with E-state index in [9.17, 15) is 4.39 Å². The van der Waals surface area contributed by atoms with Gasteiger partial charge in [-0.25, -0.2) is 4.39 Å². The van der Waals surface area contributed by atoms with Crippen LogP contribution in [0.15, 0.2) is 18.2 Å². The molecule has 0 bridgehead atoms. The van der Waals surface area contributed by atoms with Gasteiger partial charge in [0.15, 0.2) is 0 Å². The van der Waals surface area contributed by atoms with Crippen molar-refractivity contribution in [2.24, 2.45) is 5.92 Å². The summed E-state index contributed by atoms with van der Waals surface area (Å²) in [7, 11) is 0. The van der Waals surface area contributed by atoms with Gasteiger partial charge in [-0.1, -0.05) is 63.1 Å². The van der Waals surface area contributed by atoms with Crippen LogP contribution in [0.2, 0.25) is 5.02 Å². The Hall–Kier alpha value is -0.600. The second kappa shape index (κ2) is 8.75. The molecule has 1 N–H and O–H groups in total. The molecule has 1 aliphatic carbocycles. The first kappa shape index (κ1) is 16.8. The first-order valence-electron chi connectivity index (χ1n) is 8.36.